The molecule has 2 N–H and O–H groups in total. The smallest absolute Gasteiger partial charge is 0.238 e. The first-order valence-corrected chi connectivity index (χ1v) is 9.91. The second kappa shape index (κ2) is 10.7. The summed E-state index contributed by atoms with van der Waals surface area (Å²) in [6.07, 6.45) is 0. The van der Waals surface area contributed by atoms with Crippen molar-refractivity contribution in [3.63, 3.8) is 0 Å². The van der Waals surface area contributed by atoms with Crippen LogP contribution in [0.15, 0.2) is 48.5 Å². The van der Waals surface area contributed by atoms with Crippen LogP contribution >= 0.6 is 0 Å². The highest BCUT2D eigenvalue weighted by molar-refractivity contribution is 5.92. The first kappa shape index (κ1) is 21.7. The lowest BCUT2D eigenvalue weighted by Crippen LogP contribution is -2.50. The van der Waals surface area contributed by atoms with Gasteiger partial charge in [-0.05, 0) is 35.9 Å². The van der Waals surface area contributed by atoms with Crippen LogP contribution in [-0.4, -0.2) is 68.0 Å². The van der Waals surface area contributed by atoms with E-state index >= 15 is 0 Å². The number of amides is 2. The van der Waals surface area contributed by atoms with Crippen LogP contribution in [0, 0.1) is 5.82 Å². The Labute approximate surface area is 175 Å². The lowest BCUT2D eigenvalue weighted by atomic mass is 10.2. The molecule has 0 spiro atoms. The van der Waals surface area contributed by atoms with Crippen molar-refractivity contribution in [3.8, 4) is 5.75 Å². The summed E-state index contributed by atoms with van der Waals surface area (Å²) in [5, 5.41) is 5.63. The van der Waals surface area contributed by atoms with E-state index in [9.17, 15) is 14.0 Å². The lowest BCUT2D eigenvalue weighted by Gasteiger charge is -2.33. The van der Waals surface area contributed by atoms with E-state index in [1.54, 1.807) is 19.2 Å². The van der Waals surface area contributed by atoms with Gasteiger partial charge in [0.05, 0.1) is 20.2 Å². The highest BCUT2D eigenvalue weighted by Gasteiger charge is 2.20. The number of rotatable bonds is 8. The third kappa shape index (κ3) is 6.82. The predicted molar refractivity (Wildman–Crippen MR) is 113 cm³/mol. The van der Waals surface area contributed by atoms with Crippen molar-refractivity contribution in [1.82, 2.24) is 15.1 Å². The summed E-state index contributed by atoms with van der Waals surface area (Å²) >= 11 is 0. The third-order valence-electron chi connectivity index (χ3n) is 4.93. The predicted octanol–water partition coefficient (Wildman–Crippen LogP) is 1.71. The number of halogens is 1. The number of piperazine rings is 1. The average Bonchev–Trinajstić information content (AvgIpc) is 2.74. The van der Waals surface area contributed by atoms with Crippen LogP contribution in [0.25, 0.3) is 0 Å². The summed E-state index contributed by atoms with van der Waals surface area (Å²) in [7, 11) is 1.61. The molecule has 160 valence electrons. The number of ether oxygens (including phenoxy) is 1. The van der Waals surface area contributed by atoms with E-state index in [2.05, 4.69) is 15.5 Å². The second-order valence-electron chi connectivity index (χ2n) is 7.24. The Balaban J connectivity index is 1.35. The summed E-state index contributed by atoms with van der Waals surface area (Å²) < 4.78 is 18.4. The van der Waals surface area contributed by atoms with Crippen LogP contribution in [0.5, 0.6) is 5.75 Å². The number of nitrogens with zero attached hydrogens (tertiary/aromatic N) is 2. The minimum atomic E-state index is -0.383. The topological polar surface area (TPSA) is 73.9 Å². The van der Waals surface area contributed by atoms with Crippen molar-refractivity contribution < 1.29 is 18.7 Å². The van der Waals surface area contributed by atoms with Gasteiger partial charge in [0.15, 0.2) is 0 Å². The molecule has 1 aliphatic rings. The Morgan fingerprint density at radius 3 is 2.30 bits per heavy atom. The molecule has 0 aromatic heterocycles. The quantitative estimate of drug-likeness (QED) is 0.688. The normalized spacial score (nSPS) is 14.9. The van der Waals surface area contributed by atoms with Gasteiger partial charge in [0, 0.05) is 38.4 Å². The molecule has 0 bridgehead atoms. The molecule has 30 heavy (non-hydrogen) atoms. The van der Waals surface area contributed by atoms with E-state index in [1.165, 1.54) is 12.1 Å². The molecule has 0 saturated carbocycles. The van der Waals surface area contributed by atoms with E-state index in [0.29, 0.717) is 45.0 Å². The van der Waals surface area contributed by atoms with Gasteiger partial charge < -0.3 is 15.4 Å². The van der Waals surface area contributed by atoms with Gasteiger partial charge >= 0.3 is 0 Å². The zero-order valence-corrected chi connectivity index (χ0v) is 17.1. The minimum Gasteiger partial charge on any atom is -0.497 e. The molecule has 0 radical (unpaired) electrons. The Morgan fingerprint density at radius 2 is 1.63 bits per heavy atom. The van der Waals surface area contributed by atoms with Crippen molar-refractivity contribution in [2.75, 3.05) is 51.7 Å². The van der Waals surface area contributed by atoms with E-state index in [4.69, 9.17) is 4.74 Å². The van der Waals surface area contributed by atoms with Gasteiger partial charge in [-0.25, -0.2) is 4.39 Å². The van der Waals surface area contributed by atoms with Crippen molar-refractivity contribution >= 4 is 17.5 Å². The molecule has 1 fully saturated rings. The molecule has 0 aliphatic carbocycles. The van der Waals surface area contributed by atoms with Crippen LogP contribution in [-0.2, 0) is 16.1 Å². The maximum atomic E-state index is 13.2. The summed E-state index contributed by atoms with van der Waals surface area (Å²) in [6.45, 7) is 3.83. The summed E-state index contributed by atoms with van der Waals surface area (Å²) in [4.78, 5) is 28.5. The van der Waals surface area contributed by atoms with Crippen LogP contribution in [0.3, 0.4) is 0 Å². The van der Waals surface area contributed by atoms with Gasteiger partial charge in [0.1, 0.15) is 11.6 Å². The highest BCUT2D eigenvalue weighted by atomic mass is 19.1. The number of methoxy groups -OCH3 is 1. The fraction of sp³-hybridized carbons (Fsp3) is 0.364. The fourth-order valence-electron chi connectivity index (χ4n) is 3.32. The van der Waals surface area contributed by atoms with E-state index in [-0.39, 0.29) is 24.2 Å². The molecular weight excluding hydrogens is 387 g/mol. The Hall–Kier alpha value is -2.97. The molecule has 3 rings (SSSR count). The number of carbonyl (C=O) groups excluding carboxylic acids is 2. The minimum absolute atomic E-state index is 0.0323. The summed E-state index contributed by atoms with van der Waals surface area (Å²) in [5.41, 5.74) is 1.43. The largest absolute Gasteiger partial charge is 0.497 e. The Kier molecular flexibility index (Phi) is 7.75. The van der Waals surface area contributed by atoms with Gasteiger partial charge in [-0.15, -0.1) is 0 Å². The monoisotopic (exact) mass is 414 g/mol. The van der Waals surface area contributed by atoms with Gasteiger partial charge in [-0.2, -0.15) is 0 Å². The van der Waals surface area contributed by atoms with Crippen LogP contribution in [0.1, 0.15) is 5.56 Å². The summed E-state index contributed by atoms with van der Waals surface area (Å²) in [6, 6.07) is 13.4. The van der Waals surface area contributed by atoms with Crippen molar-refractivity contribution in [1.29, 1.82) is 0 Å². The molecule has 2 aromatic carbocycles. The van der Waals surface area contributed by atoms with Gasteiger partial charge in [-0.3, -0.25) is 19.4 Å². The molecule has 1 aliphatic heterocycles. The first-order chi connectivity index (χ1) is 14.5. The van der Waals surface area contributed by atoms with E-state index < -0.39 is 0 Å². The molecule has 1 saturated heterocycles. The number of carbonyl (C=O) groups is 2. The lowest BCUT2D eigenvalue weighted by molar-refractivity contribution is -0.123. The average molecular weight is 414 g/mol. The van der Waals surface area contributed by atoms with E-state index in [1.807, 2.05) is 29.2 Å². The Bertz CT molecular complexity index is 869. The van der Waals surface area contributed by atoms with Crippen molar-refractivity contribution in [2.45, 2.75) is 6.54 Å². The Morgan fingerprint density at radius 1 is 0.967 bits per heavy atom. The van der Waals surface area contributed by atoms with E-state index in [0.717, 1.165) is 11.3 Å². The molecule has 8 heteroatoms. The molecule has 1 heterocycles. The van der Waals surface area contributed by atoms with Crippen molar-refractivity contribution in [2.24, 2.45) is 0 Å². The highest BCUT2D eigenvalue weighted by Crippen LogP contribution is 2.12. The van der Waals surface area contributed by atoms with Crippen LogP contribution < -0.4 is 15.4 Å². The zero-order valence-electron chi connectivity index (χ0n) is 17.1. The number of nitrogens with one attached hydrogen (secondary N) is 2. The molecular formula is C22H27FN4O3. The third-order valence-corrected chi connectivity index (χ3v) is 4.93. The SMILES string of the molecule is COc1cccc(CNC(=O)CN2CCN(CC(=O)Nc3cccc(F)c3)CC2)c1. The van der Waals surface area contributed by atoms with Crippen LogP contribution in [0.2, 0.25) is 0 Å². The van der Waals surface area contributed by atoms with Crippen LogP contribution in [0.4, 0.5) is 10.1 Å². The fourth-order valence-corrected chi connectivity index (χ4v) is 3.32. The zero-order chi connectivity index (χ0) is 21.3. The molecule has 2 amide bonds. The number of hydrogen-bond donors (Lipinski definition) is 2. The second-order valence-corrected chi connectivity index (χ2v) is 7.24. The molecule has 2 aromatic rings. The summed E-state index contributed by atoms with van der Waals surface area (Å²) in [5.74, 6) is 0.172. The maximum Gasteiger partial charge on any atom is 0.238 e. The van der Waals surface area contributed by atoms with Gasteiger partial charge in [-0.1, -0.05) is 18.2 Å². The number of hydrogen-bond acceptors (Lipinski definition) is 5. The number of anilines is 1. The molecule has 0 atom stereocenters. The first-order valence-electron chi connectivity index (χ1n) is 9.91. The van der Waals surface area contributed by atoms with Crippen molar-refractivity contribution in [3.05, 3.63) is 59.9 Å². The molecule has 0 unspecified atom stereocenters. The van der Waals surface area contributed by atoms with Gasteiger partial charge in [0.2, 0.25) is 11.8 Å². The molecule has 7 nitrogen and oxygen atoms in total. The maximum absolute atomic E-state index is 13.2. The van der Waals surface area contributed by atoms with Gasteiger partial charge in [0.25, 0.3) is 0 Å². The standard InChI is InChI=1S/C22H27FN4O3/c1-30-20-7-2-4-17(12-20)14-24-21(28)15-26-8-10-27(11-9-26)16-22(29)25-19-6-3-5-18(23)13-19/h2-7,12-13H,8-11,14-16H2,1H3,(H,24,28)(H,25,29). The number of benzene rings is 2.